The van der Waals surface area contributed by atoms with Gasteiger partial charge < -0.3 is 10.4 Å². The molecular weight excluding hydrogens is 260 g/mol. The smallest absolute Gasteiger partial charge is 0.132 e. The normalized spacial score (nSPS) is 12.2. The van der Waals surface area contributed by atoms with Crippen molar-refractivity contribution in [3.8, 4) is 5.75 Å². The topological polar surface area (TPSA) is 45.1 Å². The molecule has 0 spiro atoms. The first kappa shape index (κ1) is 13.7. The van der Waals surface area contributed by atoms with Gasteiger partial charge >= 0.3 is 0 Å². The van der Waals surface area contributed by atoms with Crippen LogP contribution in [0, 0.1) is 13.8 Å². The molecule has 2 N–H and O–H groups in total. The molecule has 0 bridgehead atoms. The van der Waals surface area contributed by atoms with E-state index in [2.05, 4.69) is 10.3 Å². The van der Waals surface area contributed by atoms with Crippen LogP contribution in [0.25, 0.3) is 0 Å². The van der Waals surface area contributed by atoms with Crippen molar-refractivity contribution in [2.24, 2.45) is 0 Å². The molecule has 2 aromatic rings. The molecule has 0 saturated heterocycles. The number of hydrogen-bond acceptors (Lipinski definition) is 3. The van der Waals surface area contributed by atoms with Gasteiger partial charge in [-0.05, 0) is 38.5 Å². The molecule has 19 heavy (non-hydrogen) atoms. The van der Waals surface area contributed by atoms with Crippen molar-refractivity contribution in [2.75, 3.05) is 5.32 Å². The highest BCUT2D eigenvalue weighted by atomic mass is 35.5. The quantitative estimate of drug-likeness (QED) is 0.825. The maximum atomic E-state index is 9.91. The van der Waals surface area contributed by atoms with Crippen LogP contribution in [0.5, 0.6) is 5.75 Å². The Bertz CT molecular complexity index is 599. The lowest BCUT2D eigenvalue weighted by atomic mass is 10.0. The lowest BCUT2D eigenvalue weighted by molar-refractivity contribution is 0.465. The van der Waals surface area contributed by atoms with Gasteiger partial charge in [0.2, 0.25) is 0 Å². The second-order valence-electron chi connectivity index (χ2n) is 4.76. The summed E-state index contributed by atoms with van der Waals surface area (Å²) in [5, 5.41) is 13.7. The van der Waals surface area contributed by atoms with Gasteiger partial charge in [-0.25, -0.2) is 4.98 Å². The van der Waals surface area contributed by atoms with Gasteiger partial charge in [-0.2, -0.15) is 0 Å². The highest BCUT2D eigenvalue weighted by Crippen LogP contribution is 2.28. The number of nitrogens with zero attached hydrogens (tertiary/aromatic N) is 1. The Hall–Kier alpha value is -1.74. The molecule has 1 heterocycles. The van der Waals surface area contributed by atoms with Crippen LogP contribution < -0.4 is 5.32 Å². The maximum Gasteiger partial charge on any atom is 0.132 e. The van der Waals surface area contributed by atoms with Crippen LogP contribution in [0.3, 0.4) is 0 Å². The predicted octanol–water partition coefficient (Wildman–Crippen LogP) is 4.23. The lowest BCUT2D eigenvalue weighted by Gasteiger charge is -2.17. The van der Waals surface area contributed by atoms with Crippen molar-refractivity contribution in [1.82, 2.24) is 4.98 Å². The first-order chi connectivity index (χ1) is 8.97. The summed E-state index contributed by atoms with van der Waals surface area (Å²) in [6.45, 7) is 5.91. The largest absolute Gasteiger partial charge is 0.508 e. The first-order valence-corrected chi connectivity index (χ1v) is 6.53. The molecule has 0 aliphatic carbocycles. The van der Waals surface area contributed by atoms with E-state index >= 15 is 0 Å². The molecule has 1 unspecified atom stereocenters. The Morgan fingerprint density at radius 3 is 2.68 bits per heavy atom. The minimum absolute atomic E-state index is 0.0118. The van der Waals surface area contributed by atoms with E-state index in [9.17, 15) is 5.11 Å². The zero-order valence-electron chi connectivity index (χ0n) is 11.2. The monoisotopic (exact) mass is 276 g/mol. The molecule has 0 amide bonds. The molecule has 2 rings (SSSR count). The van der Waals surface area contributed by atoms with Crippen LogP contribution in [0.4, 0.5) is 5.69 Å². The Labute approximate surface area is 118 Å². The number of nitrogens with one attached hydrogen (secondary N) is 1. The molecule has 0 fully saturated rings. The van der Waals surface area contributed by atoms with E-state index in [1.165, 1.54) is 0 Å². The van der Waals surface area contributed by atoms with E-state index in [1.807, 2.05) is 39.0 Å². The highest BCUT2D eigenvalue weighted by Gasteiger charge is 2.11. The summed E-state index contributed by atoms with van der Waals surface area (Å²) in [5.41, 5.74) is 3.79. The van der Waals surface area contributed by atoms with Crippen LogP contribution in [0.15, 0.2) is 30.5 Å². The SMILES string of the molecule is Cc1ccc(O)c(C(C)Nc2cnc(Cl)c(C)c2)c1. The zero-order chi connectivity index (χ0) is 14.0. The molecule has 0 saturated carbocycles. The lowest BCUT2D eigenvalue weighted by Crippen LogP contribution is -2.07. The summed E-state index contributed by atoms with van der Waals surface area (Å²) in [7, 11) is 0. The van der Waals surface area contributed by atoms with E-state index in [1.54, 1.807) is 12.3 Å². The summed E-state index contributed by atoms with van der Waals surface area (Å²) >= 11 is 5.90. The number of anilines is 1. The Balaban J connectivity index is 2.22. The third kappa shape index (κ3) is 3.18. The van der Waals surface area contributed by atoms with Gasteiger partial charge in [0, 0.05) is 5.56 Å². The number of benzene rings is 1. The molecule has 1 atom stereocenters. The molecule has 0 aliphatic heterocycles. The Morgan fingerprint density at radius 2 is 2.00 bits per heavy atom. The number of phenols is 1. The molecule has 1 aromatic carbocycles. The minimum atomic E-state index is -0.0118. The van der Waals surface area contributed by atoms with Crippen molar-refractivity contribution in [3.63, 3.8) is 0 Å². The van der Waals surface area contributed by atoms with Gasteiger partial charge in [0.25, 0.3) is 0 Å². The van der Waals surface area contributed by atoms with Gasteiger partial charge in [-0.15, -0.1) is 0 Å². The van der Waals surface area contributed by atoms with Crippen LogP contribution >= 0.6 is 11.6 Å². The third-order valence-corrected chi connectivity index (χ3v) is 3.44. The highest BCUT2D eigenvalue weighted by molar-refractivity contribution is 6.30. The van der Waals surface area contributed by atoms with Gasteiger partial charge in [-0.3, -0.25) is 0 Å². The summed E-state index contributed by atoms with van der Waals surface area (Å²) in [5.74, 6) is 0.296. The molecule has 100 valence electrons. The second-order valence-corrected chi connectivity index (χ2v) is 5.12. The second kappa shape index (κ2) is 5.49. The summed E-state index contributed by atoms with van der Waals surface area (Å²) in [4.78, 5) is 4.11. The van der Waals surface area contributed by atoms with Crippen molar-refractivity contribution in [2.45, 2.75) is 26.8 Å². The minimum Gasteiger partial charge on any atom is -0.508 e. The maximum absolute atomic E-state index is 9.91. The Morgan fingerprint density at radius 1 is 1.26 bits per heavy atom. The average molecular weight is 277 g/mol. The van der Waals surface area contributed by atoms with E-state index in [0.717, 1.165) is 22.4 Å². The molecule has 3 nitrogen and oxygen atoms in total. The fourth-order valence-corrected chi connectivity index (χ4v) is 2.09. The molecule has 0 aliphatic rings. The fraction of sp³-hybridized carbons (Fsp3) is 0.267. The number of rotatable bonds is 3. The van der Waals surface area contributed by atoms with Crippen molar-refractivity contribution >= 4 is 17.3 Å². The molecule has 0 radical (unpaired) electrons. The van der Waals surface area contributed by atoms with Crippen molar-refractivity contribution in [3.05, 3.63) is 52.3 Å². The number of aryl methyl sites for hydroxylation is 2. The van der Waals surface area contributed by atoms with Crippen molar-refractivity contribution < 1.29 is 5.11 Å². The van der Waals surface area contributed by atoms with Crippen LogP contribution in [0.2, 0.25) is 5.15 Å². The van der Waals surface area contributed by atoms with Crippen LogP contribution in [-0.4, -0.2) is 10.1 Å². The zero-order valence-corrected chi connectivity index (χ0v) is 12.0. The van der Waals surface area contributed by atoms with Gasteiger partial charge in [0.15, 0.2) is 0 Å². The fourth-order valence-electron chi connectivity index (χ4n) is 1.99. The van der Waals surface area contributed by atoms with E-state index < -0.39 is 0 Å². The number of aromatic hydroxyl groups is 1. The van der Waals surface area contributed by atoms with Crippen molar-refractivity contribution in [1.29, 1.82) is 0 Å². The van der Waals surface area contributed by atoms with Crippen LogP contribution in [-0.2, 0) is 0 Å². The number of halogens is 1. The number of aromatic nitrogens is 1. The van der Waals surface area contributed by atoms with E-state index in [-0.39, 0.29) is 6.04 Å². The predicted molar refractivity (Wildman–Crippen MR) is 78.9 cm³/mol. The molecule has 4 heteroatoms. The third-order valence-electron chi connectivity index (χ3n) is 3.05. The summed E-state index contributed by atoms with van der Waals surface area (Å²) in [6.07, 6.45) is 1.69. The molecule has 1 aromatic heterocycles. The van der Waals surface area contributed by atoms with E-state index in [0.29, 0.717) is 10.9 Å². The number of hydrogen-bond donors (Lipinski definition) is 2. The van der Waals surface area contributed by atoms with Gasteiger partial charge in [0.05, 0.1) is 17.9 Å². The molecular formula is C15H17ClN2O. The summed E-state index contributed by atoms with van der Waals surface area (Å²) < 4.78 is 0. The van der Waals surface area contributed by atoms with Gasteiger partial charge in [-0.1, -0.05) is 29.3 Å². The first-order valence-electron chi connectivity index (χ1n) is 6.15. The number of phenolic OH excluding ortho intramolecular Hbond substituents is 1. The average Bonchev–Trinajstić information content (AvgIpc) is 2.36. The Kier molecular flexibility index (Phi) is 3.96. The van der Waals surface area contributed by atoms with Crippen LogP contribution in [0.1, 0.15) is 29.7 Å². The standard InChI is InChI=1S/C15H17ClN2O/c1-9-4-5-14(19)13(6-9)11(3)18-12-7-10(2)15(16)17-8-12/h4-8,11,18-19H,1-3H3. The van der Waals surface area contributed by atoms with Gasteiger partial charge in [0.1, 0.15) is 10.9 Å². The van der Waals surface area contributed by atoms with E-state index in [4.69, 9.17) is 11.6 Å². The number of pyridine rings is 1. The summed E-state index contributed by atoms with van der Waals surface area (Å²) in [6, 6.07) is 7.51.